The summed E-state index contributed by atoms with van der Waals surface area (Å²) in [5.74, 6) is 3.24. The summed E-state index contributed by atoms with van der Waals surface area (Å²) in [4.78, 5) is 17.4. The number of ether oxygens (including phenoxy) is 1. The van der Waals surface area contributed by atoms with E-state index in [0.717, 1.165) is 13.1 Å². The number of carbonyl (C=O) groups is 1. The van der Waals surface area contributed by atoms with Crippen LogP contribution in [-0.4, -0.2) is 66.0 Å². The minimum absolute atomic E-state index is 0.110. The first kappa shape index (κ1) is 17.2. The zero-order valence-corrected chi connectivity index (χ0v) is 14.9. The number of benzene rings is 1. The molecule has 2 atom stereocenters. The summed E-state index contributed by atoms with van der Waals surface area (Å²) in [7, 11) is 0. The number of terminal acetylenes is 1. The number of hydrogen-bond donors (Lipinski definition) is 0. The first-order valence-electron chi connectivity index (χ1n) is 8.45. The highest BCUT2D eigenvalue weighted by atomic mass is 32.2. The molecule has 0 bridgehead atoms. The van der Waals surface area contributed by atoms with Gasteiger partial charge in [0.15, 0.2) is 0 Å². The summed E-state index contributed by atoms with van der Waals surface area (Å²) in [6, 6.07) is 7.76. The summed E-state index contributed by atoms with van der Waals surface area (Å²) in [6.45, 7) is 4.25. The summed E-state index contributed by atoms with van der Waals surface area (Å²) < 4.78 is 5.36. The van der Waals surface area contributed by atoms with Crippen molar-refractivity contribution in [2.45, 2.75) is 24.1 Å². The zero-order valence-electron chi connectivity index (χ0n) is 14.1. The molecule has 1 aromatic rings. The molecular weight excluding hydrogens is 320 g/mol. The summed E-state index contributed by atoms with van der Waals surface area (Å²) in [6.07, 6.45) is 9.90. The van der Waals surface area contributed by atoms with Gasteiger partial charge in [0.05, 0.1) is 0 Å². The smallest absolute Gasteiger partial charge is 0.253 e. The van der Waals surface area contributed by atoms with Crippen LogP contribution < -0.4 is 4.74 Å². The summed E-state index contributed by atoms with van der Waals surface area (Å²) >= 11 is 1.88. The van der Waals surface area contributed by atoms with E-state index in [1.807, 2.05) is 40.9 Å². The monoisotopic (exact) mass is 344 g/mol. The van der Waals surface area contributed by atoms with Gasteiger partial charge in [0.25, 0.3) is 5.91 Å². The van der Waals surface area contributed by atoms with Crippen LogP contribution in [0.3, 0.4) is 0 Å². The minimum atomic E-state index is 0.110. The van der Waals surface area contributed by atoms with Crippen molar-refractivity contribution in [2.24, 2.45) is 0 Å². The molecule has 2 aliphatic heterocycles. The third-order valence-corrected chi connectivity index (χ3v) is 5.93. The van der Waals surface area contributed by atoms with Gasteiger partial charge in [-0.15, -0.1) is 6.42 Å². The minimum Gasteiger partial charge on any atom is -0.481 e. The number of hydrogen-bond acceptors (Lipinski definition) is 4. The molecule has 1 aromatic carbocycles. The molecule has 0 spiro atoms. The molecule has 2 saturated heterocycles. The quantitative estimate of drug-likeness (QED) is 0.768. The molecule has 3 rings (SSSR count). The van der Waals surface area contributed by atoms with Gasteiger partial charge in [-0.25, -0.2) is 0 Å². The Morgan fingerprint density at radius 1 is 1.29 bits per heavy atom. The van der Waals surface area contributed by atoms with E-state index in [-0.39, 0.29) is 12.5 Å². The van der Waals surface area contributed by atoms with E-state index < -0.39 is 0 Å². The fraction of sp³-hybridized carbons (Fsp3) is 0.526. The molecule has 4 nitrogen and oxygen atoms in total. The van der Waals surface area contributed by atoms with Crippen LogP contribution in [-0.2, 0) is 0 Å². The molecule has 2 fully saturated rings. The molecule has 0 saturated carbocycles. The van der Waals surface area contributed by atoms with Crippen LogP contribution >= 0.6 is 11.8 Å². The Kier molecular flexibility index (Phi) is 5.70. The Balaban J connectivity index is 1.65. The van der Waals surface area contributed by atoms with Crippen LogP contribution in [0.15, 0.2) is 24.3 Å². The number of rotatable bonds is 5. The van der Waals surface area contributed by atoms with Gasteiger partial charge in [0.2, 0.25) is 0 Å². The standard InChI is InChI=1S/C19H24N2O2S/c1-3-12-23-16-8-6-15(7-9-16)19(22)21-13-17(18(14-21)24-2)20-10-4-5-11-20/h1,6-9,17-18H,4-5,10-14H2,2H3/t17-,18+/m0/s1. The van der Waals surface area contributed by atoms with E-state index in [4.69, 9.17) is 11.2 Å². The molecule has 0 aliphatic carbocycles. The normalized spacial score (nSPS) is 24.1. The van der Waals surface area contributed by atoms with Gasteiger partial charge in [-0.2, -0.15) is 11.8 Å². The van der Waals surface area contributed by atoms with Gasteiger partial charge in [0, 0.05) is 29.9 Å². The highest BCUT2D eigenvalue weighted by Crippen LogP contribution is 2.29. The lowest BCUT2D eigenvalue weighted by Gasteiger charge is -2.27. The SMILES string of the molecule is C#CCOc1ccc(C(=O)N2C[C@@H](SC)[C@@H](N3CCCC3)C2)cc1. The lowest BCUT2D eigenvalue weighted by Crippen LogP contribution is -2.40. The average molecular weight is 344 g/mol. The van der Waals surface area contributed by atoms with Crippen molar-refractivity contribution in [3.05, 3.63) is 29.8 Å². The molecule has 1 amide bonds. The van der Waals surface area contributed by atoms with Crippen molar-refractivity contribution in [3.63, 3.8) is 0 Å². The van der Waals surface area contributed by atoms with E-state index in [0.29, 0.717) is 22.6 Å². The Labute approximate surface area is 148 Å². The molecule has 0 radical (unpaired) electrons. The fourth-order valence-electron chi connectivity index (χ4n) is 3.58. The van der Waals surface area contributed by atoms with Crippen LogP contribution in [0.5, 0.6) is 5.75 Å². The van der Waals surface area contributed by atoms with Crippen LogP contribution in [0, 0.1) is 12.3 Å². The van der Waals surface area contributed by atoms with Crippen molar-refractivity contribution in [2.75, 3.05) is 39.0 Å². The number of likely N-dealkylation sites (tertiary alicyclic amines) is 2. The molecule has 24 heavy (non-hydrogen) atoms. The van der Waals surface area contributed by atoms with Crippen molar-refractivity contribution < 1.29 is 9.53 Å². The van der Waals surface area contributed by atoms with Gasteiger partial charge in [-0.3, -0.25) is 9.69 Å². The van der Waals surface area contributed by atoms with E-state index in [1.165, 1.54) is 25.9 Å². The van der Waals surface area contributed by atoms with Crippen LogP contribution in [0.25, 0.3) is 0 Å². The van der Waals surface area contributed by atoms with Crippen LogP contribution in [0.2, 0.25) is 0 Å². The molecular formula is C19H24N2O2S. The molecule has 0 unspecified atom stereocenters. The number of carbonyl (C=O) groups excluding carboxylic acids is 1. The Morgan fingerprint density at radius 2 is 2.00 bits per heavy atom. The highest BCUT2D eigenvalue weighted by Gasteiger charge is 2.39. The van der Waals surface area contributed by atoms with E-state index in [1.54, 1.807) is 0 Å². The number of thioether (sulfide) groups is 1. The Hall–Kier alpha value is -1.64. The van der Waals surface area contributed by atoms with Gasteiger partial charge in [-0.1, -0.05) is 5.92 Å². The van der Waals surface area contributed by atoms with E-state index in [9.17, 15) is 4.79 Å². The van der Waals surface area contributed by atoms with E-state index >= 15 is 0 Å². The predicted octanol–water partition coefficient (Wildman–Crippen LogP) is 2.35. The maximum atomic E-state index is 12.8. The van der Waals surface area contributed by atoms with Crippen molar-refractivity contribution in [1.29, 1.82) is 0 Å². The second-order valence-electron chi connectivity index (χ2n) is 6.31. The van der Waals surface area contributed by atoms with Crippen molar-refractivity contribution in [3.8, 4) is 18.1 Å². The predicted molar refractivity (Wildman–Crippen MR) is 98.6 cm³/mol. The molecule has 2 aliphatic rings. The summed E-state index contributed by atoms with van der Waals surface area (Å²) in [5, 5.41) is 0.505. The van der Waals surface area contributed by atoms with Crippen LogP contribution in [0.1, 0.15) is 23.2 Å². The highest BCUT2D eigenvalue weighted by molar-refractivity contribution is 7.99. The topological polar surface area (TPSA) is 32.8 Å². The molecule has 2 heterocycles. The average Bonchev–Trinajstić information content (AvgIpc) is 3.28. The van der Waals surface area contributed by atoms with Gasteiger partial charge in [-0.05, 0) is 56.5 Å². The molecule has 0 aromatic heterocycles. The fourth-order valence-corrected chi connectivity index (χ4v) is 4.48. The first-order valence-corrected chi connectivity index (χ1v) is 9.74. The van der Waals surface area contributed by atoms with Gasteiger partial charge < -0.3 is 9.64 Å². The lowest BCUT2D eigenvalue weighted by atomic mass is 10.2. The second kappa shape index (κ2) is 7.96. The third-order valence-electron chi connectivity index (χ3n) is 4.86. The third kappa shape index (κ3) is 3.71. The maximum Gasteiger partial charge on any atom is 0.253 e. The molecule has 0 N–H and O–H groups in total. The maximum absolute atomic E-state index is 12.8. The number of amides is 1. The largest absolute Gasteiger partial charge is 0.481 e. The number of nitrogens with zero attached hydrogens (tertiary/aromatic N) is 2. The van der Waals surface area contributed by atoms with Crippen molar-refractivity contribution >= 4 is 17.7 Å². The van der Waals surface area contributed by atoms with Gasteiger partial charge >= 0.3 is 0 Å². The van der Waals surface area contributed by atoms with Crippen LogP contribution in [0.4, 0.5) is 0 Å². The molecule has 5 heteroatoms. The molecule has 128 valence electrons. The van der Waals surface area contributed by atoms with Crippen molar-refractivity contribution in [1.82, 2.24) is 9.80 Å². The zero-order chi connectivity index (χ0) is 16.9. The Morgan fingerprint density at radius 3 is 2.62 bits per heavy atom. The Bertz CT molecular complexity index is 605. The second-order valence-corrected chi connectivity index (χ2v) is 7.39. The van der Waals surface area contributed by atoms with E-state index in [2.05, 4.69) is 17.1 Å². The van der Waals surface area contributed by atoms with Gasteiger partial charge in [0.1, 0.15) is 12.4 Å². The first-order chi connectivity index (χ1) is 11.7. The lowest BCUT2D eigenvalue weighted by molar-refractivity contribution is 0.0780. The summed E-state index contributed by atoms with van der Waals surface area (Å²) in [5.41, 5.74) is 0.713.